The van der Waals surface area contributed by atoms with Gasteiger partial charge in [-0.1, -0.05) is 29.8 Å². The fourth-order valence-electron chi connectivity index (χ4n) is 1.99. The van der Waals surface area contributed by atoms with Crippen molar-refractivity contribution in [2.75, 3.05) is 13.2 Å². The van der Waals surface area contributed by atoms with E-state index in [0.717, 1.165) is 11.1 Å². The van der Waals surface area contributed by atoms with Crippen LogP contribution in [0.4, 0.5) is 0 Å². The maximum atomic E-state index is 11.5. The van der Waals surface area contributed by atoms with E-state index in [1.54, 1.807) is 6.92 Å². The molecule has 4 nitrogen and oxygen atoms in total. The molecule has 0 aliphatic heterocycles. The monoisotopic (exact) mass is 266 g/mol. The number of aliphatic hydroxyl groups is 2. The highest BCUT2D eigenvalue weighted by atomic mass is 16.5. The van der Waals surface area contributed by atoms with Crippen LogP contribution >= 0.6 is 0 Å². The number of hydrogen-bond acceptors (Lipinski definition) is 4. The van der Waals surface area contributed by atoms with Crippen molar-refractivity contribution in [2.45, 2.75) is 32.8 Å². The predicted octanol–water partition coefficient (Wildman–Crippen LogP) is 1.46. The van der Waals surface area contributed by atoms with Gasteiger partial charge in [-0.25, -0.2) is 0 Å². The summed E-state index contributed by atoms with van der Waals surface area (Å²) in [7, 11) is 0. The molecule has 0 radical (unpaired) electrons. The van der Waals surface area contributed by atoms with Gasteiger partial charge in [-0.2, -0.15) is 0 Å². The van der Waals surface area contributed by atoms with Gasteiger partial charge in [0, 0.05) is 0 Å². The third kappa shape index (κ3) is 5.01. The first kappa shape index (κ1) is 15.7. The van der Waals surface area contributed by atoms with Gasteiger partial charge in [-0.3, -0.25) is 4.79 Å². The molecule has 4 heteroatoms. The molecule has 0 saturated heterocycles. The van der Waals surface area contributed by atoms with E-state index in [4.69, 9.17) is 4.74 Å². The zero-order chi connectivity index (χ0) is 14.3. The highest BCUT2D eigenvalue weighted by Gasteiger charge is 2.27. The SMILES string of the molecule is CCOC(=O)[C@@H](CO)[C@@H](O)CCc1cccc(C)c1. The third-order valence-electron chi connectivity index (χ3n) is 3.06. The second-order valence-corrected chi connectivity index (χ2v) is 4.64. The average Bonchev–Trinajstić information content (AvgIpc) is 2.37. The maximum Gasteiger partial charge on any atom is 0.313 e. The molecule has 0 aliphatic carbocycles. The van der Waals surface area contributed by atoms with Crippen molar-refractivity contribution in [1.82, 2.24) is 0 Å². The largest absolute Gasteiger partial charge is 0.466 e. The first-order valence-electron chi connectivity index (χ1n) is 6.59. The molecule has 0 heterocycles. The van der Waals surface area contributed by atoms with Crippen molar-refractivity contribution in [1.29, 1.82) is 0 Å². The van der Waals surface area contributed by atoms with Crippen LogP contribution in [0.1, 0.15) is 24.5 Å². The minimum absolute atomic E-state index is 0.250. The van der Waals surface area contributed by atoms with Crippen molar-refractivity contribution < 1.29 is 19.7 Å². The van der Waals surface area contributed by atoms with Crippen LogP contribution in [0, 0.1) is 12.8 Å². The Bertz CT molecular complexity index is 403. The van der Waals surface area contributed by atoms with Crippen molar-refractivity contribution in [3.05, 3.63) is 35.4 Å². The van der Waals surface area contributed by atoms with Crippen LogP contribution in [-0.4, -0.2) is 35.5 Å². The first-order valence-corrected chi connectivity index (χ1v) is 6.59. The molecular weight excluding hydrogens is 244 g/mol. The lowest BCUT2D eigenvalue weighted by molar-refractivity contribution is -0.154. The highest BCUT2D eigenvalue weighted by Crippen LogP contribution is 2.14. The zero-order valence-corrected chi connectivity index (χ0v) is 11.5. The van der Waals surface area contributed by atoms with E-state index in [2.05, 4.69) is 0 Å². The molecule has 2 atom stereocenters. The summed E-state index contributed by atoms with van der Waals surface area (Å²) in [5.74, 6) is -1.40. The topological polar surface area (TPSA) is 66.8 Å². The normalized spacial score (nSPS) is 13.9. The molecule has 0 aromatic heterocycles. The number of rotatable bonds is 7. The average molecular weight is 266 g/mol. The summed E-state index contributed by atoms with van der Waals surface area (Å²) >= 11 is 0. The van der Waals surface area contributed by atoms with Gasteiger partial charge in [0.15, 0.2) is 0 Å². The molecule has 0 aliphatic rings. The number of ether oxygens (including phenoxy) is 1. The van der Waals surface area contributed by atoms with Crippen LogP contribution in [0.15, 0.2) is 24.3 Å². The predicted molar refractivity (Wildman–Crippen MR) is 72.7 cm³/mol. The van der Waals surface area contributed by atoms with Crippen molar-refractivity contribution in [2.24, 2.45) is 5.92 Å². The molecule has 0 spiro atoms. The number of aryl methyl sites for hydroxylation is 2. The Morgan fingerprint density at radius 2 is 2.16 bits per heavy atom. The second-order valence-electron chi connectivity index (χ2n) is 4.64. The van der Waals surface area contributed by atoms with Gasteiger partial charge in [0.05, 0.1) is 19.3 Å². The lowest BCUT2D eigenvalue weighted by Crippen LogP contribution is -2.33. The van der Waals surface area contributed by atoms with E-state index in [1.165, 1.54) is 0 Å². The minimum atomic E-state index is -0.885. The van der Waals surface area contributed by atoms with Crippen LogP contribution in [0.3, 0.4) is 0 Å². The van der Waals surface area contributed by atoms with Crippen LogP contribution in [-0.2, 0) is 16.0 Å². The maximum absolute atomic E-state index is 11.5. The Balaban J connectivity index is 2.53. The molecule has 0 amide bonds. The molecule has 1 aromatic rings. The van der Waals surface area contributed by atoms with E-state index in [1.807, 2.05) is 31.2 Å². The lowest BCUT2D eigenvalue weighted by atomic mass is 9.96. The zero-order valence-electron chi connectivity index (χ0n) is 11.5. The van der Waals surface area contributed by atoms with Gasteiger partial charge in [-0.05, 0) is 32.3 Å². The van der Waals surface area contributed by atoms with E-state index in [9.17, 15) is 15.0 Å². The fourth-order valence-corrected chi connectivity index (χ4v) is 1.99. The molecule has 1 rings (SSSR count). The van der Waals surface area contributed by atoms with Crippen LogP contribution in [0.25, 0.3) is 0 Å². The molecule has 106 valence electrons. The molecule has 2 N–H and O–H groups in total. The summed E-state index contributed by atoms with van der Waals surface area (Å²) in [5.41, 5.74) is 2.27. The van der Waals surface area contributed by atoms with Crippen molar-refractivity contribution in [3.8, 4) is 0 Å². The van der Waals surface area contributed by atoms with Gasteiger partial charge >= 0.3 is 5.97 Å². The van der Waals surface area contributed by atoms with Gasteiger partial charge in [0.2, 0.25) is 0 Å². The van der Waals surface area contributed by atoms with Crippen molar-refractivity contribution in [3.63, 3.8) is 0 Å². The molecule has 0 saturated carbocycles. The van der Waals surface area contributed by atoms with Crippen LogP contribution in [0.2, 0.25) is 0 Å². The van der Waals surface area contributed by atoms with Gasteiger partial charge in [0.1, 0.15) is 5.92 Å². The number of hydrogen-bond donors (Lipinski definition) is 2. The van der Waals surface area contributed by atoms with E-state index < -0.39 is 24.6 Å². The lowest BCUT2D eigenvalue weighted by Gasteiger charge is -2.19. The minimum Gasteiger partial charge on any atom is -0.466 e. The molecule has 1 aromatic carbocycles. The summed E-state index contributed by atoms with van der Waals surface area (Å²) in [5, 5.41) is 19.1. The number of carbonyl (C=O) groups is 1. The van der Waals surface area contributed by atoms with Gasteiger partial charge in [0.25, 0.3) is 0 Å². The third-order valence-corrected chi connectivity index (χ3v) is 3.06. The molecular formula is C15H22O4. The molecule has 19 heavy (non-hydrogen) atoms. The van der Waals surface area contributed by atoms with Gasteiger partial charge < -0.3 is 14.9 Å². The Labute approximate surface area is 114 Å². The summed E-state index contributed by atoms with van der Waals surface area (Å²) in [6.07, 6.45) is 0.205. The highest BCUT2D eigenvalue weighted by molar-refractivity contribution is 5.73. The Hall–Kier alpha value is -1.39. The van der Waals surface area contributed by atoms with Crippen molar-refractivity contribution >= 4 is 5.97 Å². The number of aliphatic hydroxyl groups excluding tert-OH is 2. The standard InChI is InChI=1S/C15H22O4/c1-3-19-15(18)13(10-16)14(17)8-7-12-6-4-5-11(2)9-12/h4-6,9,13-14,16-17H,3,7-8,10H2,1-2H3/t13-,14-/m0/s1. The van der Waals surface area contributed by atoms with E-state index >= 15 is 0 Å². The summed E-state index contributed by atoms with van der Waals surface area (Å²) in [6, 6.07) is 8.00. The number of benzene rings is 1. The molecule has 0 bridgehead atoms. The van der Waals surface area contributed by atoms with Crippen LogP contribution in [0.5, 0.6) is 0 Å². The molecule has 0 fully saturated rings. The van der Waals surface area contributed by atoms with Gasteiger partial charge in [-0.15, -0.1) is 0 Å². The summed E-state index contributed by atoms with van der Waals surface area (Å²) < 4.78 is 4.83. The summed E-state index contributed by atoms with van der Waals surface area (Å²) in [6.45, 7) is 3.56. The van der Waals surface area contributed by atoms with E-state index in [-0.39, 0.29) is 6.61 Å². The second kappa shape index (κ2) is 7.92. The summed E-state index contributed by atoms with van der Waals surface area (Å²) in [4.78, 5) is 11.5. The number of carbonyl (C=O) groups excluding carboxylic acids is 1. The molecule has 0 unspecified atom stereocenters. The number of esters is 1. The first-order chi connectivity index (χ1) is 9.08. The fraction of sp³-hybridized carbons (Fsp3) is 0.533. The quantitative estimate of drug-likeness (QED) is 0.733. The van der Waals surface area contributed by atoms with E-state index in [0.29, 0.717) is 12.8 Å². The Kier molecular flexibility index (Phi) is 6.53. The Morgan fingerprint density at radius 3 is 2.74 bits per heavy atom. The smallest absolute Gasteiger partial charge is 0.313 e. The Morgan fingerprint density at radius 1 is 1.42 bits per heavy atom. The van der Waals surface area contributed by atoms with Crippen LogP contribution < -0.4 is 0 Å².